The summed E-state index contributed by atoms with van der Waals surface area (Å²) < 4.78 is 5.10. The molecule has 0 spiro atoms. The van der Waals surface area contributed by atoms with Gasteiger partial charge in [0.25, 0.3) is 0 Å². The molecule has 0 saturated heterocycles. The van der Waals surface area contributed by atoms with Crippen molar-refractivity contribution in [1.82, 2.24) is 9.13 Å². The number of para-hydroxylation sites is 1. The Morgan fingerprint density at radius 3 is 1.32 bits per heavy atom. The fourth-order valence-electron chi connectivity index (χ4n) is 11.5. The molecule has 0 bridgehead atoms. The minimum atomic E-state index is 1.14. The molecule has 0 aliphatic rings. The average Bonchev–Trinajstić information content (AvgIpc) is 3.94. The quantitative estimate of drug-likeness (QED) is 0.215. The lowest BCUT2D eigenvalue weighted by atomic mass is 9.64. The smallest absolute Gasteiger partial charge is 0.141 e. The number of fused-ring (bicyclic) bond motifs is 6. The van der Waals surface area contributed by atoms with Crippen molar-refractivity contribution in [2.24, 2.45) is 0 Å². The standard InChI is InChI=1S/C60H47B7N2/c61-51-48(39-26-29-47-46(33-39)45-23-13-22-44(38-20-11-4-12-21-38)58(45)68(47)42-27-24-37(25-28-42)34-14-5-1-6-15-34)52(62)56(66)59-49(51)50-53(63)54(64)55(65)57(67)60(50)69(59)43-31-40(35-16-7-2-8-17-35)30-41(32-43)36-18-9-3-10-19-36/h1-33H,61-67H2. The van der Waals surface area contributed by atoms with Gasteiger partial charge in [-0.05, 0) is 97.9 Å². The molecule has 0 N–H and O–H groups in total. The lowest BCUT2D eigenvalue weighted by Crippen LogP contribution is -2.48. The van der Waals surface area contributed by atoms with Gasteiger partial charge < -0.3 is 9.13 Å². The number of benzene rings is 10. The molecule has 0 unspecified atom stereocenters. The maximum Gasteiger partial charge on any atom is 0.141 e. The summed E-state index contributed by atoms with van der Waals surface area (Å²) in [6.45, 7) is 0. The van der Waals surface area contributed by atoms with Gasteiger partial charge in [0.1, 0.15) is 54.9 Å². The number of rotatable bonds is 7. The highest BCUT2D eigenvalue weighted by Gasteiger charge is 2.26. The summed E-state index contributed by atoms with van der Waals surface area (Å²) in [5.74, 6) is 0. The molecule has 0 aliphatic heterocycles. The van der Waals surface area contributed by atoms with Crippen molar-refractivity contribution >= 4 is 137 Å². The van der Waals surface area contributed by atoms with E-state index in [-0.39, 0.29) is 0 Å². The molecular weight excluding hydrogens is 824 g/mol. The Labute approximate surface area is 410 Å². The highest BCUT2D eigenvalue weighted by Crippen LogP contribution is 2.41. The van der Waals surface area contributed by atoms with Gasteiger partial charge in [-0.1, -0.05) is 191 Å². The van der Waals surface area contributed by atoms with Crippen LogP contribution >= 0.6 is 0 Å². The van der Waals surface area contributed by atoms with E-state index in [4.69, 9.17) is 0 Å². The zero-order valence-electron chi connectivity index (χ0n) is 40.4. The average molecular weight is 872 g/mol. The van der Waals surface area contributed by atoms with E-state index in [2.05, 4.69) is 264 Å². The van der Waals surface area contributed by atoms with E-state index in [9.17, 15) is 0 Å². The SMILES string of the molecule is Bc1c(B)c(B)c2c(c1B)c1c(B)c(-c3ccc4c(c3)c3cccc(-c5ccccc5)c3n4-c3ccc(-c4ccccc4)cc3)c(B)c(B)c1n2-c1cc(-c2ccccc2)cc(-c2ccccc2)c1. The van der Waals surface area contributed by atoms with Crippen LogP contribution in [-0.4, -0.2) is 64.1 Å². The third-order valence-corrected chi connectivity index (χ3v) is 15.4. The van der Waals surface area contributed by atoms with Crippen LogP contribution in [0.1, 0.15) is 0 Å². The van der Waals surface area contributed by atoms with Crippen LogP contribution in [-0.2, 0) is 0 Å². The summed E-state index contributed by atoms with van der Waals surface area (Å²) in [6.07, 6.45) is 0. The predicted molar refractivity (Wildman–Crippen MR) is 320 cm³/mol. The van der Waals surface area contributed by atoms with Crippen LogP contribution in [0.25, 0.3) is 111 Å². The Kier molecular flexibility index (Phi) is 10.4. The zero-order valence-corrected chi connectivity index (χ0v) is 40.4. The Balaban J connectivity index is 1.13. The van der Waals surface area contributed by atoms with Gasteiger partial charge in [-0.15, -0.1) is 5.46 Å². The first kappa shape index (κ1) is 42.6. The predicted octanol–water partition coefficient (Wildman–Crippen LogP) is 4.02. The number of hydrogen-bond acceptors (Lipinski definition) is 0. The van der Waals surface area contributed by atoms with Crippen LogP contribution in [0.15, 0.2) is 200 Å². The molecule has 12 aromatic rings. The summed E-state index contributed by atoms with van der Waals surface area (Å²) in [7, 11) is 16.4. The summed E-state index contributed by atoms with van der Waals surface area (Å²) in [5.41, 5.74) is 28.9. The second-order valence-corrected chi connectivity index (χ2v) is 19.1. The third kappa shape index (κ3) is 6.81. The molecule has 2 heterocycles. The molecule has 2 nitrogen and oxygen atoms in total. The second-order valence-electron chi connectivity index (χ2n) is 19.1. The van der Waals surface area contributed by atoms with Crippen molar-refractivity contribution in [2.75, 3.05) is 0 Å². The number of hydrogen-bond donors (Lipinski definition) is 0. The van der Waals surface area contributed by atoms with Gasteiger partial charge in [0, 0.05) is 44.1 Å². The molecule has 2 aromatic heterocycles. The molecule has 69 heavy (non-hydrogen) atoms. The largest absolute Gasteiger partial charge is 0.310 e. The van der Waals surface area contributed by atoms with E-state index < -0.39 is 0 Å². The Bertz CT molecular complexity index is 3940. The summed E-state index contributed by atoms with van der Waals surface area (Å²) in [5, 5.41) is 5.18. The minimum Gasteiger partial charge on any atom is -0.310 e. The topological polar surface area (TPSA) is 9.86 Å². The molecule has 0 atom stereocenters. The normalized spacial score (nSPS) is 11.6. The van der Waals surface area contributed by atoms with Crippen molar-refractivity contribution in [1.29, 1.82) is 0 Å². The first-order valence-corrected chi connectivity index (χ1v) is 24.3. The molecule has 0 saturated carbocycles. The number of nitrogens with zero attached hydrogens (tertiary/aromatic N) is 2. The fraction of sp³-hybridized carbons (Fsp3) is 0. The van der Waals surface area contributed by atoms with E-state index in [1.807, 2.05) is 0 Å². The van der Waals surface area contributed by atoms with Crippen LogP contribution in [0.5, 0.6) is 0 Å². The highest BCUT2D eigenvalue weighted by atomic mass is 15.0. The van der Waals surface area contributed by atoms with E-state index in [0.717, 1.165) is 5.69 Å². The molecule has 0 aliphatic carbocycles. The highest BCUT2D eigenvalue weighted by molar-refractivity contribution is 6.69. The van der Waals surface area contributed by atoms with Gasteiger partial charge >= 0.3 is 0 Å². The van der Waals surface area contributed by atoms with E-state index in [1.54, 1.807) is 0 Å². The molecule has 0 amide bonds. The van der Waals surface area contributed by atoms with Crippen LogP contribution in [0.3, 0.4) is 0 Å². The summed E-state index contributed by atoms with van der Waals surface area (Å²) in [4.78, 5) is 0. The van der Waals surface area contributed by atoms with Crippen LogP contribution in [0, 0.1) is 0 Å². The van der Waals surface area contributed by atoms with Crippen molar-refractivity contribution in [3.05, 3.63) is 200 Å². The summed E-state index contributed by atoms with van der Waals surface area (Å²) in [6, 6.07) is 73.5. The van der Waals surface area contributed by atoms with Gasteiger partial charge in [-0.2, -0.15) is 0 Å². The van der Waals surface area contributed by atoms with Crippen molar-refractivity contribution in [3.8, 4) is 67.0 Å². The maximum atomic E-state index is 2.61. The maximum absolute atomic E-state index is 2.61. The van der Waals surface area contributed by atoms with Gasteiger partial charge in [-0.25, -0.2) is 0 Å². The van der Waals surface area contributed by atoms with Gasteiger partial charge in [-0.3, -0.25) is 0 Å². The summed E-state index contributed by atoms with van der Waals surface area (Å²) >= 11 is 0. The van der Waals surface area contributed by atoms with E-state index >= 15 is 0 Å². The Morgan fingerprint density at radius 2 is 0.739 bits per heavy atom. The van der Waals surface area contributed by atoms with Crippen molar-refractivity contribution in [3.63, 3.8) is 0 Å². The molecule has 318 valence electrons. The van der Waals surface area contributed by atoms with Gasteiger partial charge in [0.15, 0.2) is 0 Å². The molecular formula is C60H47B7N2. The molecule has 0 radical (unpaired) electrons. The lowest BCUT2D eigenvalue weighted by Gasteiger charge is -2.20. The Morgan fingerprint density at radius 1 is 0.261 bits per heavy atom. The fourth-order valence-corrected chi connectivity index (χ4v) is 11.5. The second kappa shape index (κ2) is 16.8. The number of aromatic nitrogens is 2. The van der Waals surface area contributed by atoms with Crippen LogP contribution in [0.4, 0.5) is 0 Å². The minimum absolute atomic E-state index is 1.14. The Hall–Kier alpha value is -7.75. The van der Waals surface area contributed by atoms with Crippen LogP contribution < -0.4 is 38.2 Å². The molecule has 9 heteroatoms. The first-order valence-electron chi connectivity index (χ1n) is 24.3. The third-order valence-electron chi connectivity index (χ3n) is 15.4. The van der Waals surface area contributed by atoms with Gasteiger partial charge in [0.2, 0.25) is 0 Å². The lowest BCUT2D eigenvalue weighted by molar-refractivity contribution is 1.18. The zero-order chi connectivity index (χ0) is 47.1. The van der Waals surface area contributed by atoms with Crippen LogP contribution in [0.2, 0.25) is 0 Å². The monoisotopic (exact) mass is 872 g/mol. The molecule has 10 aromatic carbocycles. The first-order chi connectivity index (χ1) is 33.7. The molecule has 12 rings (SSSR count). The van der Waals surface area contributed by atoms with E-state index in [1.165, 1.54) is 143 Å². The van der Waals surface area contributed by atoms with Crippen molar-refractivity contribution in [2.45, 2.75) is 0 Å². The van der Waals surface area contributed by atoms with Gasteiger partial charge in [0.05, 0.1) is 11.0 Å². The van der Waals surface area contributed by atoms with Crippen molar-refractivity contribution < 1.29 is 0 Å². The van der Waals surface area contributed by atoms with E-state index in [0.29, 0.717) is 0 Å². The molecule has 0 fully saturated rings.